The molecule has 0 aromatic heterocycles. The van der Waals surface area contributed by atoms with Crippen LogP contribution >= 0.6 is 0 Å². The second-order valence-electron chi connectivity index (χ2n) is 8.22. The molecule has 0 heterocycles. The van der Waals surface area contributed by atoms with Crippen LogP contribution in [0.4, 0.5) is 0 Å². The Morgan fingerprint density at radius 2 is 1.10 bits per heavy atom. The van der Waals surface area contributed by atoms with E-state index in [9.17, 15) is 4.79 Å². The minimum Gasteiger partial charge on any atom is -0.481 e. The summed E-state index contributed by atoms with van der Waals surface area (Å²) < 4.78 is 0. The molecule has 0 unspecified atom stereocenters. The first-order valence-electron chi connectivity index (χ1n) is 12.9. The number of rotatable bonds is 20. The van der Waals surface area contributed by atoms with E-state index in [1.165, 1.54) is 83.8 Å². The van der Waals surface area contributed by atoms with Gasteiger partial charge in [0, 0.05) is 6.42 Å². The summed E-state index contributed by atoms with van der Waals surface area (Å²) in [5, 5.41) is 8.50. The molecule has 1 N–H and O–H groups in total. The first-order chi connectivity index (χ1) is 14.6. The lowest BCUT2D eigenvalue weighted by Crippen LogP contribution is -2.25. The summed E-state index contributed by atoms with van der Waals surface area (Å²) >= 11 is 0. The van der Waals surface area contributed by atoms with Crippen molar-refractivity contribution in [1.29, 1.82) is 0 Å². The van der Waals surface area contributed by atoms with Gasteiger partial charge in [-0.2, -0.15) is 0 Å². The Labute approximate surface area is 189 Å². The van der Waals surface area contributed by atoms with E-state index < -0.39 is 5.97 Å². The maximum atomic E-state index is 10.3. The summed E-state index contributed by atoms with van der Waals surface area (Å²) in [6, 6.07) is 0. The van der Waals surface area contributed by atoms with Crippen molar-refractivity contribution in [3.8, 4) is 0 Å². The molecular formula is C27H53NO2. The Morgan fingerprint density at radius 3 is 1.57 bits per heavy atom. The molecule has 0 rings (SSSR count). The summed E-state index contributed by atoms with van der Waals surface area (Å²) in [6.07, 6.45) is 26.2. The molecule has 0 aromatic rings. The highest BCUT2D eigenvalue weighted by atomic mass is 16.4. The average molecular weight is 424 g/mol. The number of carbonyl (C=O) groups is 1. The van der Waals surface area contributed by atoms with E-state index in [0.29, 0.717) is 6.42 Å². The third kappa shape index (κ3) is 29.1. The van der Waals surface area contributed by atoms with E-state index in [0.717, 1.165) is 25.7 Å². The van der Waals surface area contributed by atoms with Gasteiger partial charge in [0.2, 0.25) is 0 Å². The summed E-state index contributed by atoms with van der Waals surface area (Å²) in [5.74, 6) is -0.671. The molecule has 0 saturated heterocycles. The number of carboxylic acid groups (broad SMARTS) is 1. The minimum atomic E-state index is -0.671. The number of nitrogens with zero attached hydrogens (tertiary/aromatic N) is 1. The standard InChI is InChI=1S/C18H32O2.C9H21N/c1-2-3-4-5-6-7-8-9-10-11-12-13-14-15-16-17-18(19)20;1-4-7-10(8-5-2)9-6-3/h6-7,9-10H,2-5,8,11-17H2,1H3,(H,19,20);4-9H2,1-3H3/b7-6-,10-9-;. The molecule has 0 amide bonds. The smallest absolute Gasteiger partial charge is 0.303 e. The maximum Gasteiger partial charge on any atom is 0.303 e. The molecule has 0 bridgehead atoms. The summed E-state index contributed by atoms with van der Waals surface area (Å²) in [6.45, 7) is 12.8. The van der Waals surface area contributed by atoms with Crippen molar-refractivity contribution in [3.63, 3.8) is 0 Å². The van der Waals surface area contributed by atoms with Crippen LogP contribution in [-0.2, 0) is 4.79 Å². The molecule has 0 aliphatic carbocycles. The fraction of sp³-hybridized carbons (Fsp3) is 0.815. The first kappa shape index (κ1) is 31.1. The van der Waals surface area contributed by atoms with Crippen molar-refractivity contribution in [3.05, 3.63) is 24.3 Å². The zero-order valence-corrected chi connectivity index (χ0v) is 20.8. The molecule has 0 spiro atoms. The van der Waals surface area contributed by atoms with Crippen molar-refractivity contribution in [2.45, 2.75) is 124 Å². The zero-order valence-electron chi connectivity index (χ0n) is 20.8. The van der Waals surface area contributed by atoms with Crippen LogP contribution in [0.25, 0.3) is 0 Å². The van der Waals surface area contributed by atoms with E-state index in [-0.39, 0.29) is 0 Å². The van der Waals surface area contributed by atoms with Crippen molar-refractivity contribution in [1.82, 2.24) is 4.90 Å². The predicted octanol–water partition coefficient (Wildman–Crippen LogP) is 8.40. The van der Waals surface area contributed by atoms with Gasteiger partial charge in [-0.1, -0.05) is 84.1 Å². The van der Waals surface area contributed by atoms with Gasteiger partial charge in [-0.15, -0.1) is 0 Å². The molecule has 0 radical (unpaired) electrons. The fourth-order valence-corrected chi connectivity index (χ4v) is 3.37. The van der Waals surface area contributed by atoms with Crippen molar-refractivity contribution in [2.75, 3.05) is 19.6 Å². The van der Waals surface area contributed by atoms with Gasteiger partial charge in [-0.25, -0.2) is 0 Å². The molecule has 0 saturated carbocycles. The molecule has 0 fully saturated rings. The molecule has 0 aliphatic heterocycles. The number of hydrogen-bond donors (Lipinski definition) is 1. The molecule has 0 atom stereocenters. The van der Waals surface area contributed by atoms with Crippen molar-refractivity contribution < 1.29 is 9.90 Å². The van der Waals surface area contributed by atoms with Gasteiger partial charge < -0.3 is 10.0 Å². The average Bonchev–Trinajstić information content (AvgIpc) is 2.72. The Hall–Kier alpha value is -1.09. The SMILES string of the molecule is CCCCC/C=C\C/C=C\CCCCCCCC(=O)O.CCCN(CCC)CCC. The summed E-state index contributed by atoms with van der Waals surface area (Å²) in [5.41, 5.74) is 0. The van der Waals surface area contributed by atoms with Crippen LogP contribution in [0.3, 0.4) is 0 Å². The van der Waals surface area contributed by atoms with E-state index in [1.54, 1.807) is 0 Å². The fourth-order valence-electron chi connectivity index (χ4n) is 3.37. The van der Waals surface area contributed by atoms with Crippen LogP contribution < -0.4 is 0 Å². The van der Waals surface area contributed by atoms with Gasteiger partial charge in [0.25, 0.3) is 0 Å². The zero-order chi connectivity index (χ0) is 22.7. The minimum absolute atomic E-state index is 0.324. The maximum absolute atomic E-state index is 10.3. The van der Waals surface area contributed by atoms with Gasteiger partial charge in [0.1, 0.15) is 0 Å². The van der Waals surface area contributed by atoms with E-state index in [4.69, 9.17) is 5.11 Å². The van der Waals surface area contributed by atoms with Crippen LogP contribution in [-0.4, -0.2) is 35.6 Å². The van der Waals surface area contributed by atoms with Crippen molar-refractivity contribution >= 4 is 5.97 Å². The van der Waals surface area contributed by atoms with Crippen LogP contribution in [0.2, 0.25) is 0 Å². The largest absolute Gasteiger partial charge is 0.481 e. The topological polar surface area (TPSA) is 40.5 Å². The number of allylic oxidation sites excluding steroid dienone is 4. The number of carboxylic acids is 1. The number of hydrogen-bond acceptors (Lipinski definition) is 2. The molecule has 0 aromatic carbocycles. The lowest BCUT2D eigenvalue weighted by atomic mass is 10.1. The summed E-state index contributed by atoms with van der Waals surface area (Å²) in [4.78, 5) is 12.9. The molecule has 30 heavy (non-hydrogen) atoms. The lowest BCUT2D eigenvalue weighted by molar-refractivity contribution is -0.137. The van der Waals surface area contributed by atoms with Crippen LogP contribution in [0, 0.1) is 0 Å². The molecule has 178 valence electrons. The van der Waals surface area contributed by atoms with Gasteiger partial charge in [-0.3, -0.25) is 4.79 Å². The third-order valence-corrected chi connectivity index (χ3v) is 4.96. The monoisotopic (exact) mass is 423 g/mol. The highest BCUT2D eigenvalue weighted by molar-refractivity contribution is 5.66. The molecular weight excluding hydrogens is 370 g/mol. The number of unbranched alkanes of at least 4 members (excludes halogenated alkanes) is 8. The van der Waals surface area contributed by atoms with Crippen LogP contribution in [0.15, 0.2) is 24.3 Å². The Bertz CT molecular complexity index is 376. The highest BCUT2D eigenvalue weighted by Crippen LogP contribution is 2.08. The second-order valence-corrected chi connectivity index (χ2v) is 8.22. The molecule has 3 nitrogen and oxygen atoms in total. The third-order valence-electron chi connectivity index (χ3n) is 4.96. The Morgan fingerprint density at radius 1 is 0.633 bits per heavy atom. The first-order valence-corrected chi connectivity index (χ1v) is 12.9. The van der Waals surface area contributed by atoms with Crippen molar-refractivity contribution in [2.24, 2.45) is 0 Å². The van der Waals surface area contributed by atoms with Gasteiger partial charge >= 0.3 is 5.97 Å². The Balaban J connectivity index is 0. The van der Waals surface area contributed by atoms with Crippen LogP contribution in [0.1, 0.15) is 124 Å². The Kier molecular flexibility index (Phi) is 28.9. The predicted molar refractivity (Wildman–Crippen MR) is 134 cm³/mol. The molecule has 0 aliphatic rings. The normalized spacial score (nSPS) is 11.4. The van der Waals surface area contributed by atoms with Gasteiger partial charge in [0.15, 0.2) is 0 Å². The summed E-state index contributed by atoms with van der Waals surface area (Å²) in [7, 11) is 0. The molecule has 3 heteroatoms. The van der Waals surface area contributed by atoms with Gasteiger partial charge in [-0.05, 0) is 77.4 Å². The van der Waals surface area contributed by atoms with E-state index >= 15 is 0 Å². The second kappa shape index (κ2) is 27.9. The highest BCUT2D eigenvalue weighted by Gasteiger charge is 1.98. The van der Waals surface area contributed by atoms with Crippen LogP contribution in [0.5, 0.6) is 0 Å². The lowest BCUT2D eigenvalue weighted by Gasteiger charge is -2.19. The quantitative estimate of drug-likeness (QED) is 0.158. The van der Waals surface area contributed by atoms with E-state index in [2.05, 4.69) is 56.9 Å². The number of aliphatic carboxylic acids is 1. The van der Waals surface area contributed by atoms with E-state index in [1.807, 2.05) is 0 Å². The van der Waals surface area contributed by atoms with Gasteiger partial charge in [0.05, 0.1) is 0 Å².